The minimum absolute atomic E-state index is 0.137. The van der Waals surface area contributed by atoms with Crippen molar-refractivity contribution in [3.63, 3.8) is 0 Å². The molecule has 5 nitrogen and oxygen atoms in total. The highest BCUT2D eigenvalue weighted by Crippen LogP contribution is 2.19. The van der Waals surface area contributed by atoms with Crippen LogP contribution < -0.4 is 5.56 Å². The van der Waals surface area contributed by atoms with E-state index in [1.54, 1.807) is 18.2 Å². The molecule has 2 aromatic carbocycles. The average molecular weight is 390 g/mol. The molecule has 0 aliphatic heterocycles. The Morgan fingerprint density at radius 3 is 2.59 bits per heavy atom. The highest BCUT2D eigenvalue weighted by molar-refractivity contribution is 5.64. The van der Waals surface area contributed by atoms with Crippen molar-refractivity contribution in [2.75, 3.05) is 6.54 Å². The largest absolute Gasteiger partial charge is 0.294 e. The van der Waals surface area contributed by atoms with Gasteiger partial charge in [0.2, 0.25) is 0 Å². The third kappa shape index (κ3) is 4.27. The van der Waals surface area contributed by atoms with Gasteiger partial charge in [-0.3, -0.25) is 14.8 Å². The second-order valence-electron chi connectivity index (χ2n) is 7.25. The van der Waals surface area contributed by atoms with Gasteiger partial charge in [-0.25, -0.2) is 13.9 Å². The van der Waals surface area contributed by atoms with Crippen molar-refractivity contribution in [3.05, 3.63) is 93.7 Å². The molecule has 0 aliphatic carbocycles. The predicted molar refractivity (Wildman–Crippen MR) is 112 cm³/mol. The van der Waals surface area contributed by atoms with E-state index in [4.69, 9.17) is 0 Å². The zero-order chi connectivity index (χ0) is 20.4. The van der Waals surface area contributed by atoms with Crippen molar-refractivity contribution in [2.45, 2.75) is 26.9 Å². The fourth-order valence-corrected chi connectivity index (χ4v) is 3.44. The number of benzene rings is 2. The van der Waals surface area contributed by atoms with Gasteiger partial charge in [-0.2, -0.15) is 0 Å². The van der Waals surface area contributed by atoms with Gasteiger partial charge in [-0.15, -0.1) is 0 Å². The van der Waals surface area contributed by atoms with Crippen LogP contribution in [0.5, 0.6) is 0 Å². The average Bonchev–Trinajstić information content (AvgIpc) is 3.14. The highest BCUT2D eigenvalue weighted by atomic mass is 19.1. The molecule has 0 fully saturated rings. The predicted octanol–water partition coefficient (Wildman–Crippen LogP) is 4.16. The van der Waals surface area contributed by atoms with Crippen molar-refractivity contribution in [1.82, 2.24) is 19.5 Å². The Hall–Kier alpha value is -3.25. The molecule has 2 aromatic heterocycles. The first-order chi connectivity index (χ1) is 14.0. The fourth-order valence-electron chi connectivity index (χ4n) is 3.44. The number of nitrogens with one attached hydrogen (secondary N) is 1. The number of aryl methyl sites for hydroxylation is 1. The number of halogens is 1. The second kappa shape index (κ2) is 8.01. The molecule has 1 N–H and O–H groups in total. The van der Waals surface area contributed by atoms with Gasteiger partial charge in [0, 0.05) is 25.2 Å². The van der Waals surface area contributed by atoms with Crippen LogP contribution >= 0.6 is 0 Å². The summed E-state index contributed by atoms with van der Waals surface area (Å²) in [5.74, 6) is -0.242. The van der Waals surface area contributed by atoms with Gasteiger partial charge in [0.1, 0.15) is 5.82 Å². The van der Waals surface area contributed by atoms with Crippen LogP contribution in [0, 0.1) is 12.7 Å². The van der Waals surface area contributed by atoms with Gasteiger partial charge in [0.05, 0.1) is 11.4 Å². The number of rotatable bonds is 6. The lowest BCUT2D eigenvalue weighted by Gasteiger charge is -2.20. The summed E-state index contributed by atoms with van der Waals surface area (Å²) in [4.78, 5) is 19.5. The quantitative estimate of drug-likeness (QED) is 0.538. The van der Waals surface area contributed by atoms with E-state index in [1.807, 2.05) is 31.2 Å². The van der Waals surface area contributed by atoms with Gasteiger partial charge in [-0.1, -0.05) is 42.8 Å². The molecule has 0 unspecified atom stereocenters. The summed E-state index contributed by atoms with van der Waals surface area (Å²) in [6.07, 6.45) is 0. The lowest BCUT2D eigenvalue weighted by atomic mass is 10.1. The monoisotopic (exact) mass is 390 g/mol. The Kier molecular flexibility index (Phi) is 5.27. The van der Waals surface area contributed by atoms with E-state index in [-0.39, 0.29) is 11.4 Å². The Labute approximate surface area is 168 Å². The first kappa shape index (κ1) is 19.1. The molecule has 0 spiro atoms. The van der Waals surface area contributed by atoms with Gasteiger partial charge < -0.3 is 0 Å². The summed E-state index contributed by atoms with van der Waals surface area (Å²) in [7, 11) is 0. The molecule has 0 atom stereocenters. The molecule has 0 bridgehead atoms. The van der Waals surface area contributed by atoms with Gasteiger partial charge in [0.15, 0.2) is 5.65 Å². The van der Waals surface area contributed by atoms with E-state index in [1.165, 1.54) is 16.6 Å². The van der Waals surface area contributed by atoms with Crippen LogP contribution in [0.15, 0.2) is 65.5 Å². The molecule has 0 amide bonds. The van der Waals surface area contributed by atoms with Gasteiger partial charge in [-0.05, 0) is 42.8 Å². The maximum absolute atomic E-state index is 13.1. The summed E-state index contributed by atoms with van der Waals surface area (Å²) >= 11 is 0. The Bertz CT molecular complexity index is 1190. The van der Waals surface area contributed by atoms with Crippen molar-refractivity contribution < 1.29 is 4.39 Å². The van der Waals surface area contributed by atoms with Crippen molar-refractivity contribution in [2.24, 2.45) is 0 Å². The number of nitrogens with zero attached hydrogens (tertiary/aromatic N) is 3. The summed E-state index contributed by atoms with van der Waals surface area (Å²) in [6.45, 7) is 6.10. The lowest BCUT2D eigenvalue weighted by molar-refractivity contribution is 0.268. The van der Waals surface area contributed by atoms with Crippen LogP contribution in [0.25, 0.3) is 16.9 Å². The lowest BCUT2D eigenvalue weighted by Crippen LogP contribution is -2.25. The molecule has 0 saturated carbocycles. The number of H-pyrrole nitrogens is 1. The molecular formula is C23H23FN4O. The first-order valence-electron chi connectivity index (χ1n) is 9.67. The maximum atomic E-state index is 13.1. The molecule has 29 heavy (non-hydrogen) atoms. The third-order valence-corrected chi connectivity index (χ3v) is 4.98. The molecule has 2 heterocycles. The molecular weight excluding hydrogens is 367 g/mol. The Morgan fingerprint density at radius 1 is 1.07 bits per heavy atom. The highest BCUT2D eigenvalue weighted by Gasteiger charge is 2.11. The third-order valence-electron chi connectivity index (χ3n) is 4.98. The van der Waals surface area contributed by atoms with Gasteiger partial charge in [0.25, 0.3) is 5.56 Å². The van der Waals surface area contributed by atoms with E-state index < -0.39 is 0 Å². The van der Waals surface area contributed by atoms with Crippen molar-refractivity contribution in [3.8, 4) is 11.3 Å². The summed E-state index contributed by atoms with van der Waals surface area (Å²) in [5, 5.41) is 3.14. The van der Waals surface area contributed by atoms with Crippen molar-refractivity contribution >= 4 is 5.65 Å². The number of aromatic amines is 1. The van der Waals surface area contributed by atoms with E-state index in [0.29, 0.717) is 24.4 Å². The SMILES string of the molecule is CCN(Cc1ccc(F)cc1)Cc1cc(=O)n2[nH]c(-c3cccc(C)c3)cc2n1. The van der Waals surface area contributed by atoms with Crippen molar-refractivity contribution in [1.29, 1.82) is 0 Å². The standard InChI is InChI=1S/C23H23FN4O/c1-3-27(14-17-7-9-19(24)10-8-17)15-20-12-23(29)28-22(25-20)13-21(26-28)18-6-4-5-16(2)11-18/h4-13,26H,3,14-15H2,1-2H3. The van der Waals surface area contributed by atoms with E-state index in [2.05, 4.69) is 28.0 Å². The number of fused-ring (bicyclic) bond motifs is 1. The smallest absolute Gasteiger partial charge is 0.272 e. The van der Waals surface area contributed by atoms with Crippen LogP contribution in [0.4, 0.5) is 4.39 Å². The number of aromatic nitrogens is 3. The zero-order valence-corrected chi connectivity index (χ0v) is 16.5. The van der Waals surface area contributed by atoms with Crippen LogP contribution in [-0.2, 0) is 13.1 Å². The Morgan fingerprint density at radius 2 is 1.86 bits per heavy atom. The molecule has 0 aliphatic rings. The van der Waals surface area contributed by atoms with Crippen LogP contribution in [-0.4, -0.2) is 26.0 Å². The van der Waals surface area contributed by atoms with Crippen LogP contribution in [0.3, 0.4) is 0 Å². The minimum atomic E-state index is -0.242. The van der Waals surface area contributed by atoms with E-state index in [9.17, 15) is 9.18 Å². The fraction of sp³-hybridized carbons (Fsp3) is 0.217. The summed E-state index contributed by atoms with van der Waals surface area (Å²) < 4.78 is 14.6. The number of hydrogen-bond acceptors (Lipinski definition) is 3. The summed E-state index contributed by atoms with van der Waals surface area (Å²) in [6, 6.07) is 18.1. The maximum Gasteiger partial charge on any atom is 0.272 e. The second-order valence-corrected chi connectivity index (χ2v) is 7.25. The number of hydrogen-bond donors (Lipinski definition) is 1. The normalized spacial score (nSPS) is 11.4. The molecule has 4 rings (SSSR count). The molecule has 4 aromatic rings. The Balaban J connectivity index is 1.60. The van der Waals surface area contributed by atoms with E-state index >= 15 is 0 Å². The topological polar surface area (TPSA) is 53.4 Å². The van der Waals surface area contributed by atoms with E-state index in [0.717, 1.165) is 28.9 Å². The molecule has 148 valence electrons. The molecule has 0 saturated heterocycles. The molecule has 0 radical (unpaired) electrons. The minimum Gasteiger partial charge on any atom is -0.294 e. The summed E-state index contributed by atoms with van der Waals surface area (Å²) in [5.41, 5.74) is 5.23. The zero-order valence-electron chi connectivity index (χ0n) is 16.5. The first-order valence-corrected chi connectivity index (χ1v) is 9.67. The van der Waals surface area contributed by atoms with Crippen LogP contribution in [0.2, 0.25) is 0 Å². The molecule has 6 heteroatoms. The van der Waals surface area contributed by atoms with Gasteiger partial charge >= 0.3 is 0 Å². The van der Waals surface area contributed by atoms with Crippen LogP contribution in [0.1, 0.15) is 23.7 Å².